The van der Waals surface area contributed by atoms with Gasteiger partial charge in [0.15, 0.2) is 40.8 Å². The van der Waals surface area contributed by atoms with E-state index in [0.717, 1.165) is 77.0 Å². The van der Waals surface area contributed by atoms with E-state index in [9.17, 15) is 97.0 Å². The van der Waals surface area contributed by atoms with Gasteiger partial charge in [-0.25, -0.2) is 0 Å². The predicted octanol–water partition coefficient (Wildman–Crippen LogP) is 6.27. The van der Waals surface area contributed by atoms with Crippen LogP contribution in [0.1, 0.15) is 226 Å². The Kier molecular flexibility index (Phi) is 50.6. The minimum Gasteiger partial charge on any atom is -0.506 e. The Hall–Kier alpha value is -2.78. The molecule has 1 aliphatic heterocycles. The average Bonchev–Trinajstić information content (AvgIpc) is 0.956. The normalized spacial score (nSPS) is 21.6. The summed E-state index contributed by atoms with van der Waals surface area (Å²) in [5, 5.41) is 201. The van der Waals surface area contributed by atoms with Crippen LogP contribution in [0.25, 0.3) is 0 Å². The minimum atomic E-state index is -2.64. The molecule has 0 saturated carbocycles. The van der Waals surface area contributed by atoms with Gasteiger partial charge in [0.1, 0.15) is 67.1 Å². The van der Waals surface area contributed by atoms with Crippen molar-refractivity contribution >= 4 is 0 Å². The van der Waals surface area contributed by atoms with Crippen molar-refractivity contribution in [2.75, 3.05) is 52.9 Å². The predicted molar refractivity (Wildman–Crippen MR) is 333 cm³/mol. The van der Waals surface area contributed by atoms with Gasteiger partial charge >= 0.3 is 0 Å². The van der Waals surface area contributed by atoms with Crippen molar-refractivity contribution in [1.82, 2.24) is 0 Å². The van der Waals surface area contributed by atoms with Crippen LogP contribution >= 0.6 is 0 Å². The second-order valence-corrected chi connectivity index (χ2v) is 23.7. The van der Waals surface area contributed by atoms with Gasteiger partial charge in [-0.05, 0) is 12.8 Å². The minimum absolute atomic E-state index is 0.170. The van der Waals surface area contributed by atoms with Crippen LogP contribution in [0.5, 0.6) is 0 Å². The van der Waals surface area contributed by atoms with Gasteiger partial charge in [-0.15, -0.1) is 0 Å². The van der Waals surface area contributed by atoms with Crippen LogP contribution in [0.3, 0.4) is 0 Å². The van der Waals surface area contributed by atoms with E-state index >= 15 is 0 Å². The van der Waals surface area contributed by atoms with Crippen LogP contribution in [0.15, 0.2) is 34.6 Å². The molecule has 15 atom stereocenters. The first-order chi connectivity index (χ1) is 43.3. The third-order valence-corrected chi connectivity index (χ3v) is 16.1. The third-order valence-electron chi connectivity index (χ3n) is 16.1. The smallest absolute Gasteiger partial charge is 0.217 e. The molecule has 0 bridgehead atoms. The number of ether oxygens (including phenoxy) is 7. The van der Waals surface area contributed by atoms with Gasteiger partial charge in [0.05, 0.1) is 19.8 Å². The first kappa shape index (κ1) is 85.2. The SMILES string of the molecule is CCCCCCCCCCCCCCCCCO[C@H]([C@@H](OCCCCCCCCCCCCCCCCC)[C@H](CO[C@H](O)/C(O)=C(\O)[C@H](O)CCO)O[C@H](O)/C(O)=C(/O)[C@H](O)CCO)[C@H](CO[C@H](O)/C(O)=C(/O)[C@H](O)CCO)O[C@@H]1OC(CO)[C@@H](O)C(O)C1O. The summed E-state index contributed by atoms with van der Waals surface area (Å²) in [4.78, 5) is 0. The van der Waals surface area contributed by atoms with Crippen LogP contribution in [0.2, 0.25) is 0 Å². The zero-order chi connectivity index (χ0) is 67.1. The highest BCUT2D eigenvalue weighted by molar-refractivity contribution is 5.08. The molecule has 1 aliphatic rings. The molecular formula is C64H122O26. The van der Waals surface area contributed by atoms with Crippen molar-refractivity contribution in [3.05, 3.63) is 34.6 Å². The number of aliphatic hydroxyl groups is 19. The zero-order valence-electron chi connectivity index (χ0n) is 54.0. The molecule has 0 aliphatic carbocycles. The standard InChI is InChI=1S/C64H122O26/c1-3-5-7-9-11-13-15-17-19-21-23-25-27-29-31-39-84-59(48(88-63(83)57(79)52(74)46(71)35-38-67)42-86-61(81)55(77)50(72)44(69)33-36-65)60(85-40-32-30-28-26-24-22-20-18-16-14-12-10-8-6-4-2)49(43-87-62(82)56(78)51(73)45(70)34-37-66)90-64-58(80)54(76)53(75)47(41-68)89-64/h44-49,53-54,58-83H,3-43H2,1-2H3/b55-50+,56-51-,57-52-/t44-,45-,46-,47?,48+,49+,53-,54?,58?,59+,60+,61+,62+,63+,64+/m1/s1. The molecule has 3 unspecified atom stereocenters. The maximum absolute atomic E-state index is 11.5. The van der Waals surface area contributed by atoms with E-state index in [4.69, 9.17) is 33.2 Å². The van der Waals surface area contributed by atoms with E-state index in [2.05, 4.69) is 13.8 Å². The van der Waals surface area contributed by atoms with Crippen molar-refractivity contribution in [2.45, 2.75) is 318 Å². The quantitative estimate of drug-likeness (QED) is 0.0181. The summed E-state index contributed by atoms with van der Waals surface area (Å²) in [5.41, 5.74) is 0. The Labute approximate surface area is 534 Å². The summed E-state index contributed by atoms with van der Waals surface area (Å²) >= 11 is 0. The lowest BCUT2D eigenvalue weighted by Gasteiger charge is -2.43. The number of unbranched alkanes of at least 4 members (excludes halogenated alkanes) is 28. The zero-order valence-corrected chi connectivity index (χ0v) is 54.0. The summed E-state index contributed by atoms with van der Waals surface area (Å²) in [5.74, 6) is -7.71. The largest absolute Gasteiger partial charge is 0.506 e. The summed E-state index contributed by atoms with van der Waals surface area (Å²) < 4.78 is 42.3. The highest BCUT2D eigenvalue weighted by atomic mass is 16.7. The first-order valence-electron chi connectivity index (χ1n) is 33.6. The van der Waals surface area contributed by atoms with Gasteiger partial charge < -0.3 is 130 Å². The number of rotatable bonds is 60. The van der Waals surface area contributed by atoms with Crippen LogP contribution in [0.4, 0.5) is 0 Å². The van der Waals surface area contributed by atoms with Crippen molar-refractivity contribution in [3.8, 4) is 0 Å². The lowest BCUT2D eigenvalue weighted by atomic mass is 9.98. The van der Waals surface area contributed by atoms with Crippen molar-refractivity contribution in [1.29, 1.82) is 0 Å². The highest BCUT2D eigenvalue weighted by Crippen LogP contribution is 2.30. The lowest BCUT2D eigenvalue weighted by molar-refractivity contribution is -0.330. The van der Waals surface area contributed by atoms with Gasteiger partial charge in [0.2, 0.25) is 18.9 Å². The van der Waals surface area contributed by atoms with Crippen LogP contribution in [-0.2, 0) is 33.2 Å². The van der Waals surface area contributed by atoms with Gasteiger partial charge in [0, 0.05) is 52.3 Å². The number of hydrogen-bond donors (Lipinski definition) is 19. The lowest BCUT2D eigenvalue weighted by Crippen LogP contribution is -2.61. The molecule has 1 heterocycles. The molecule has 90 heavy (non-hydrogen) atoms. The number of aliphatic hydroxyl groups excluding tert-OH is 19. The third kappa shape index (κ3) is 35.6. The fraction of sp³-hybridized carbons (Fsp3) is 0.906. The Bertz CT molecular complexity index is 1810. The molecule has 534 valence electrons. The van der Waals surface area contributed by atoms with E-state index in [0.29, 0.717) is 25.7 Å². The molecule has 0 radical (unpaired) electrons. The van der Waals surface area contributed by atoms with E-state index in [-0.39, 0.29) is 13.2 Å². The van der Waals surface area contributed by atoms with E-state index in [1.807, 2.05) is 0 Å². The van der Waals surface area contributed by atoms with E-state index < -0.39 is 186 Å². The molecule has 0 aromatic rings. The molecule has 26 heteroatoms. The number of hydrogen-bond acceptors (Lipinski definition) is 26. The molecule has 0 aromatic heterocycles. The van der Waals surface area contributed by atoms with E-state index in [1.54, 1.807) is 0 Å². The molecule has 26 nitrogen and oxygen atoms in total. The Balaban J connectivity index is 3.99. The summed E-state index contributed by atoms with van der Waals surface area (Å²) in [6.45, 7) is -0.946. The molecule has 1 rings (SSSR count). The first-order valence-corrected chi connectivity index (χ1v) is 33.6. The molecule has 0 amide bonds. The maximum atomic E-state index is 11.5. The van der Waals surface area contributed by atoms with Crippen LogP contribution in [0, 0.1) is 0 Å². The monoisotopic (exact) mass is 1310 g/mol. The molecule has 0 aromatic carbocycles. The second kappa shape index (κ2) is 53.5. The maximum Gasteiger partial charge on any atom is 0.217 e. The van der Waals surface area contributed by atoms with Gasteiger partial charge in [-0.2, -0.15) is 0 Å². The van der Waals surface area contributed by atoms with Crippen molar-refractivity contribution in [2.24, 2.45) is 0 Å². The summed E-state index contributed by atoms with van der Waals surface area (Å²) in [6, 6.07) is 0. The molecule has 0 spiro atoms. The van der Waals surface area contributed by atoms with Gasteiger partial charge in [-0.1, -0.05) is 194 Å². The Morgan fingerprint density at radius 3 is 0.978 bits per heavy atom. The molecule has 1 fully saturated rings. The van der Waals surface area contributed by atoms with Gasteiger partial charge in [0.25, 0.3) is 0 Å². The molecule has 19 N–H and O–H groups in total. The fourth-order valence-electron chi connectivity index (χ4n) is 10.4. The topological polar surface area (TPSA) is 449 Å². The Morgan fingerprint density at radius 1 is 0.356 bits per heavy atom. The average molecular weight is 1310 g/mol. The van der Waals surface area contributed by atoms with Gasteiger partial charge in [-0.3, -0.25) is 0 Å². The van der Waals surface area contributed by atoms with Crippen molar-refractivity contribution < 1.29 is 130 Å². The van der Waals surface area contributed by atoms with Crippen molar-refractivity contribution in [3.63, 3.8) is 0 Å². The van der Waals surface area contributed by atoms with Crippen LogP contribution < -0.4 is 0 Å². The second-order valence-electron chi connectivity index (χ2n) is 23.7. The summed E-state index contributed by atoms with van der Waals surface area (Å²) in [7, 11) is 0. The summed E-state index contributed by atoms with van der Waals surface area (Å²) in [6.07, 6.45) is -0.768. The Morgan fingerprint density at radius 2 is 0.656 bits per heavy atom. The molecular weight excluding hydrogens is 1180 g/mol. The van der Waals surface area contributed by atoms with Crippen LogP contribution in [-0.4, -0.2) is 242 Å². The van der Waals surface area contributed by atoms with E-state index in [1.165, 1.54) is 89.9 Å². The highest BCUT2D eigenvalue weighted by Gasteiger charge is 2.48. The molecule has 1 saturated heterocycles. The fourth-order valence-corrected chi connectivity index (χ4v) is 10.4.